The molecule has 0 radical (unpaired) electrons. The number of hydrogen-bond donors (Lipinski definition) is 1. The third-order valence-electron chi connectivity index (χ3n) is 5.69. The van der Waals surface area contributed by atoms with Crippen LogP contribution < -0.4 is 10.2 Å². The number of aromatic hydroxyl groups is 1. The Morgan fingerprint density at radius 2 is 2.03 bits per heavy atom. The summed E-state index contributed by atoms with van der Waals surface area (Å²) in [4.78, 5) is 15.2. The van der Waals surface area contributed by atoms with Gasteiger partial charge >= 0.3 is 6.18 Å². The van der Waals surface area contributed by atoms with Crippen molar-refractivity contribution in [3.05, 3.63) is 63.5 Å². The second kappa shape index (κ2) is 8.50. The molecular formula is C24H24F3NO4. The van der Waals surface area contributed by atoms with E-state index in [1.807, 2.05) is 4.90 Å². The lowest BCUT2D eigenvalue weighted by Gasteiger charge is -2.31. The van der Waals surface area contributed by atoms with Crippen molar-refractivity contribution in [2.24, 2.45) is 5.92 Å². The van der Waals surface area contributed by atoms with Gasteiger partial charge in [-0.3, -0.25) is 9.69 Å². The largest absolute Gasteiger partial charge is 0.507 e. The zero-order chi connectivity index (χ0) is 23.0. The van der Waals surface area contributed by atoms with Gasteiger partial charge in [0.25, 0.3) is 5.76 Å². The van der Waals surface area contributed by atoms with Gasteiger partial charge in [0, 0.05) is 13.1 Å². The molecule has 32 heavy (non-hydrogen) atoms. The molecule has 0 bridgehead atoms. The zero-order valence-electron chi connectivity index (χ0n) is 17.8. The molecule has 1 aliphatic heterocycles. The Morgan fingerprint density at radius 1 is 1.25 bits per heavy atom. The van der Waals surface area contributed by atoms with E-state index in [0.29, 0.717) is 5.92 Å². The normalized spacial score (nSPS) is 17.6. The van der Waals surface area contributed by atoms with Crippen LogP contribution in [0.4, 0.5) is 13.2 Å². The molecule has 8 heteroatoms. The van der Waals surface area contributed by atoms with Crippen molar-refractivity contribution >= 4 is 11.0 Å². The summed E-state index contributed by atoms with van der Waals surface area (Å²) in [6.45, 7) is 5.56. The number of rotatable bonds is 4. The molecule has 2 aromatic carbocycles. The van der Waals surface area contributed by atoms with Gasteiger partial charge in [0.1, 0.15) is 17.1 Å². The van der Waals surface area contributed by atoms with E-state index in [1.165, 1.54) is 24.3 Å². The Hall–Kier alpha value is -3.00. The second-order valence-corrected chi connectivity index (χ2v) is 8.43. The maximum Gasteiger partial charge on any atom is 0.453 e. The number of hydrogen-bond acceptors (Lipinski definition) is 5. The molecule has 0 unspecified atom stereocenters. The van der Waals surface area contributed by atoms with Crippen LogP contribution in [0, 0.1) is 12.8 Å². The Bertz CT molecular complexity index is 1200. The van der Waals surface area contributed by atoms with Crippen molar-refractivity contribution in [2.75, 3.05) is 13.1 Å². The minimum Gasteiger partial charge on any atom is -0.507 e. The van der Waals surface area contributed by atoms with Gasteiger partial charge in [-0.2, -0.15) is 13.2 Å². The first-order valence-electron chi connectivity index (χ1n) is 10.5. The first-order chi connectivity index (χ1) is 15.1. The number of ether oxygens (including phenoxy) is 1. The number of aryl methyl sites for hydroxylation is 1. The predicted octanol–water partition coefficient (Wildman–Crippen LogP) is 5.85. The summed E-state index contributed by atoms with van der Waals surface area (Å²) in [5.74, 6) is -2.11. The summed E-state index contributed by atoms with van der Waals surface area (Å²) in [5.41, 5.74) is -0.268. The Balaban J connectivity index is 1.86. The van der Waals surface area contributed by atoms with Crippen molar-refractivity contribution in [1.82, 2.24) is 4.90 Å². The van der Waals surface area contributed by atoms with Crippen molar-refractivity contribution in [3.63, 3.8) is 0 Å². The average Bonchev–Trinajstić information content (AvgIpc) is 2.71. The van der Waals surface area contributed by atoms with E-state index in [1.54, 1.807) is 19.1 Å². The molecule has 2 heterocycles. The maximum absolute atomic E-state index is 13.9. The first-order valence-corrected chi connectivity index (χ1v) is 10.5. The van der Waals surface area contributed by atoms with E-state index in [4.69, 9.17) is 9.15 Å². The minimum absolute atomic E-state index is 0.0708. The van der Waals surface area contributed by atoms with Gasteiger partial charge in [-0.05, 0) is 62.1 Å². The highest BCUT2D eigenvalue weighted by molar-refractivity contribution is 5.83. The summed E-state index contributed by atoms with van der Waals surface area (Å²) in [6.07, 6.45) is -2.93. The lowest BCUT2D eigenvalue weighted by atomic mass is 9.99. The van der Waals surface area contributed by atoms with E-state index >= 15 is 0 Å². The van der Waals surface area contributed by atoms with Gasteiger partial charge < -0.3 is 14.3 Å². The third-order valence-corrected chi connectivity index (χ3v) is 5.69. The van der Waals surface area contributed by atoms with Crippen molar-refractivity contribution in [2.45, 2.75) is 39.4 Å². The van der Waals surface area contributed by atoms with Crippen LogP contribution in [0.5, 0.6) is 17.2 Å². The lowest BCUT2D eigenvalue weighted by molar-refractivity contribution is -0.154. The van der Waals surface area contributed by atoms with Gasteiger partial charge in [-0.25, -0.2) is 0 Å². The lowest BCUT2D eigenvalue weighted by Crippen LogP contribution is -2.33. The Morgan fingerprint density at radius 3 is 2.72 bits per heavy atom. The van der Waals surface area contributed by atoms with Crippen LogP contribution >= 0.6 is 0 Å². The summed E-state index contributed by atoms with van der Waals surface area (Å²) in [6, 6.07) is 8.96. The molecule has 5 nitrogen and oxygen atoms in total. The van der Waals surface area contributed by atoms with Crippen LogP contribution in [0.2, 0.25) is 0 Å². The molecule has 3 aromatic rings. The summed E-state index contributed by atoms with van der Waals surface area (Å²) >= 11 is 0. The number of phenols is 1. The fourth-order valence-corrected chi connectivity index (χ4v) is 4.17. The maximum atomic E-state index is 13.9. The fraction of sp³-hybridized carbons (Fsp3) is 0.375. The molecule has 1 fully saturated rings. The number of fused-ring (bicyclic) bond motifs is 1. The minimum atomic E-state index is -4.96. The van der Waals surface area contributed by atoms with Crippen LogP contribution in [0.1, 0.15) is 36.7 Å². The standard InChI is InChI=1S/C24H24F3NO4/c1-14-5-3-7-16(11-14)31-22-20(30)17-8-9-19(29)18(13-28-10-4-6-15(2)12-28)21(17)32-23(22)24(25,26)27/h3,5,7-9,11,15,29H,4,6,10,12-13H2,1-2H3/t15-/m0/s1. The highest BCUT2D eigenvalue weighted by Crippen LogP contribution is 2.40. The fourth-order valence-electron chi connectivity index (χ4n) is 4.17. The highest BCUT2D eigenvalue weighted by atomic mass is 19.4. The molecule has 1 saturated heterocycles. The second-order valence-electron chi connectivity index (χ2n) is 8.43. The molecule has 0 saturated carbocycles. The number of likely N-dealkylation sites (tertiary alicyclic amines) is 1. The van der Waals surface area contributed by atoms with Gasteiger partial charge in [0.2, 0.25) is 11.2 Å². The monoisotopic (exact) mass is 447 g/mol. The number of phenolic OH excluding ortho intramolecular Hbond substituents is 1. The number of benzene rings is 2. The Labute approximate surface area is 183 Å². The summed E-state index contributed by atoms with van der Waals surface area (Å²) < 4.78 is 52.4. The molecule has 4 rings (SSSR count). The summed E-state index contributed by atoms with van der Waals surface area (Å²) in [5, 5.41) is 10.4. The van der Waals surface area contributed by atoms with Crippen molar-refractivity contribution < 1.29 is 27.4 Å². The molecule has 1 aromatic heterocycles. The highest BCUT2D eigenvalue weighted by Gasteiger charge is 2.41. The summed E-state index contributed by atoms with van der Waals surface area (Å²) in [7, 11) is 0. The van der Waals surface area contributed by atoms with Crippen LogP contribution in [0.15, 0.2) is 45.6 Å². The first kappa shape index (κ1) is 22.2. The number of nitrogens with zero attached hydrogens (tertiary/aromatic N) is 1. The SMILES string of the molecule is Cc1cccc(Oc2c(C(F)(F)F)oc3c(CN4CCC[C@H](C)C4)c(O)ccc3c2=O)c1. The quantitative estimate of drug-likeness (QED) is 0.544. The number of alkyl halides is 3. The van der Waals surface area contributed by atoms with E-state index in [2.05, 4.69) is 6.92 Å². The molecule has 0 spiro atoms. The van der Waals surface area contributed by atoms with E-state index in [-0.39, 0.29) is 34.6 Å². The topological polar surface area (TPSA) is 62.9 Å². The van der Waals surface area contributed by atoms with E-state index < -0.39 is 23.1 Å². The van der Waals surface area contributed by atoms with E-state index in [9.17, 15) is 23.1 Å². The zero-order valence-corrected chi connectivity index (χ0v) is 17.8. The molecule has 170 valence electrons. The van der Waals surface area contributed by atoms with Crippen LogP contribution in [-0.2, 0) is 12.7 Å². The molecule has 0 aliphatic carbocycles. The molecular weight excluding hydrogens is 423 g/mol. The van der Waals surface area contributed by atoms with Crippen molar-refractivity contribution in [1.29, 1.82) is 0 Å². The van der Waals surface area contributed by atoms with E-state index in [0.717, 1.165) is 31.5 Å². The Kier molecular flexibility index (Phi) is 5.90. The van der Waals surface area contributed by atoms with Crippen molar-refractivity contribution in [3.8, 4) is 17.2 Å². The smallest absolute Gasteiger partial charge is 0.453 e. The number of piperidine rings is 1. The average molecular weight is 447 g/mol. The van der Waals surface area contributed by atoms with Crippen LogP contribution in [-0.4, -0.2) is 23.1 Å². The van der Waals surface area contributed by atoms with Gasteiger partial charge in [0.05, 0.1) is 10.9 Å². The number of halogens is 3. The van der Waals surface area contributed by atoms with Gasteiger partial charge in [-0.15, -0.1) is 0 Å². The van der Waals surface area contributed by atoms with Gasteiger partial charge in [0.15, 0.2) is 0 Å². The molecule has 0 amide bonds. The predicted molar refractivity (Wildman–Crippen MR) is 114 cm³/mol. The van der Waals surface area contributed by atoms with Gasteiger partial charge in [-0.1, -0.05) is 19.1 Å². The third kappa shape index (κ3) is 4.46. The molecule has 1 atom stereocenters. The molecule has 1 aliphatic rings. The van der Waals surface area contributed by atoms with Crippen LogP contribution in [0.25, 0.3) is 11.0 Å². The molecule has 1 N–H and O–H groups in total. The van der Waals surface area contributed by atoms with Crippen LogP contribution in [0.3, 0.4) is 0 Å².